The molecule has 1 saturated heterocycles. The molecule has 29 heavy (non-hydrogen) atoms. The van der Waals surface area contributed by atoms with Crippen molar-refractivity contribution in [2.24, 2.45) is 0 Å². The highest BCUT2D eigenvalue weighted by molar-refractivity contribution is 5.87. The van der Waals surface area contributed by atoms with Gasteiger partial charge in [0.05, 0.1) is 0 Å². The molecule has 146 valence electrons. The Kier molecular flexibility index (Phi) is 5.38. The minimum absolute atomic E-state index is 0.0486. The smallest absolute Gasteiger partial charge is 0.246 e. The van der Waals surface area contributed by atoms with Gasteiger partial charge in [-0.15, -0.1) is 0 Å². The molecule has 0 saturated carbocycles. The van der Waals surface area contributed by atoms with Crippen LogP contribution in [0.1, 0.15) is 5.82 Å². The van der Waals surface area contributed by atoms with Crippen molar-refractivity contribution in [3.8, 4) is 17.6 Å². The topological polar surface area (TPSA) is 87.2 Å². The third-order valence-electron chi connectivity index (χ3n) is 4.59. The van der Waals surface area contributed by atoms with Gasteiger partial charge in [-0.25, -0.2) is 15.0 Å². The number of anilines is 1. The predicted octanol–water partition coefficient (Wildman–Crippen LogP) is 1.62. The van der Waals surface area contributed by atoms with Crippen molar-refractivity contribution >= 4 is 22.9 Å². The third-order valence-corrected chi connectivity index (χ3v) is 4.59. The van der Waals surface area contributed by atoms with Gasteiger partial charge in [0.15, 0.2) is 22.8 Å². The summed E-state index contributed by atoms with van der Waals surface area (Å²) in [4.78, 5) is 32.0. The second-order valence-electron chi connectivity index (χ2n) is 6.40. The lowest BCUT2D eigenvalue weighted by molar-refractivity contribution is -0.126. The highest BCUT2D eigenvalue weighted by atomic mass is 16.5. The molecule has 3 aromatic rings. The van der Waals surface area contributed by atoms with Crippen molar-refractivity contribution in [2.45, 2.75) is 0 Å². The molecule has 4 rings (SSSR count). The van der Waals surface area contributed by atoms with Crippen LogP contribution >= 0.6 is 0 Å². The second-order valence-corrected chi connectivity index (χ2v) is 6.40. The van der Waals surface area contributed by atoms with Crippen LogP contribution in [0.3, 0.4) is 0 Å². The summed E-state index contributed by atoms with van der Waals surface area (Å²) in [6, 6.07) is 9.52. The molecular weight excluding hydrogens is 368 g/mol. The fourth-order valence-electron chi connectivity index (χ4n) is 3.13. The van der Waals surface area contributed by atoms with Crippen LogP contribution in [0.25, 0.3) is 11.2 Å². The quantitative estimate of drug-likeness (QED) is 0.540. The number of aromatic nitrogens is 4. The van der Waals surface area contributed by atoms with Crippen molar-refractivity contribution in [1.82, 2.24) is 24.8 Å². The van der Waals surface area contributed by atoms with E-state index in [9.17, 15) is 4.79 Å². The van der Waals surface area contributed by atoms with Crippen LogP contribution in [0.15, 0.2) is 49.3 Å². The number of fused-ring (bicyclic) bond motifs is 1. The summed E-state index contributed by atoms with van der Waals surface area (Å²) in [6.07, 6.45) is 2.85. The summed E-state index contributed by atoms with van der Waals surface area (Å²) in [5.74, 6) is 7.90. The minimum atomic E-state index is -0.0486. The van der Waals surface area contributed by atoms with E-state index < -0.39 is 0 Å². The van der Waals surface area contributed by atoms with Gasteiger partial charge >= 0.3 is 0 Å². The molecule has 0 spiro atoms. The van der Waals surface area contributed by atoms with E-state index in [0.717, 1.165) is 11.6 Å². The maximum atomic E-state index is 11.8. The lowest BCUT2D eigenvalue weighted by Gasteiger charge is -2.34. The second kappa shape index (κ2) is 8.44. The minimum Gasteiger partial charge on any atom is -0.481 e. The Morgan fingerprint density at radius 3 is 2.76 bits per heavy atom. The first kappa shape index (κ1) is 18.5. The van der Waals surface area contributed by atoms with E-state index >= 15 is 0 Å². The number of imidazole rings is 1. The fraction of sp³-hybridized carbons (Fsp3) is 0.238. The zero-order valence-electron chi connectivity index (χ0n) is 15.8. The maximum absolute atomic E-state index is 11.8. The van der Waals surface area contributed by atoms with Crippen LogP contribution in [0.5, 0.6) is 5.75 Å². The Labute approximate surface area is 168 Å². The van der Waals surface area contributed by atoms with E-state index in [-0.39, 0.29) is 12.5 Å². The van der Waals surface area contributed by atoms with Gasteiger partial charge in [-0.05, 0) is 24.1 Å². The number of carbonyl (C=O) groups excluding carboxylic acids is 1. The molecule has 0 radical (unpaired) electrons. The molecule has 1 N–H and O–H groups in total. The van der Waals surface area contributed by atoms with Gasteiger partial charge in [0.1, 0.15) is 18.7 Å². The number of benzene rings is 1. The Morgan fingerprint density at radius 1 is 1.21 bits per heavy atom. The summed E-state index contributed by atoms with van der Waals surface area (Å²) in [6.45, 7) is 6.38. The lowest BCUT2D eigenvalue weighted by atomic mass is 10.3. The number of hydrogen-bond acceptors (Lipinski definition) is 6. The third kappa shape index (κ3) is 4.19. The predicted molar refractivity (Wildman–Crippen MR) is 109 cm³/mol. The number of nitrogens with one attached hydrogen (secondary N) is 1. The van der Waals surface area contributed by atoms with E-state index in [1.165, 1.54) is 12.4 Å². The van der Waals surface area contributed by atoms with Gasteiger partial charge in [0.2, 0.25) is 5.91 Å². The van der Waals surface area contributed by atoms with E-state index in [4.69, 9.17) is 4.74 Å². The molecule has 0 unspecified atom stereocenters. The normalized spacial score (nSPS) is 13.7. The first-order valence-electron chi connectivity index (χ1n) is 9.28. The first-order valence-corrected chi connectivity index (χ1v) is 9.28. The fourth-order valence-corrected chi connectivity index (χ4v) is 3.13. The molecule has 1 aromatic carbocycles. The van der Waals surface area contributed by atoms with Crippen LogP contribution in [0, 0.1) is 11.8 Å². The Morgan fingerprint density at radius 2 is 2.00 bits per heavy atom. The summed E-state index contributed by atoms with van der Waals surface area (Å²) in [7, 11) is 0. The Hall–Kier alpha value is -3.86. The molecule has 8 heteroatoms. The van der Waals surface area contributed by atoms with Crippen molar-refractivity contribution in [1.29, 1.82) is 0 Å². The average molecular weight is 388 g/mol. The molecular formula is C21H20N6O2. The van der Waals surface area contributed by atoms with Crippen molar-refractivity contribution in [2.75, 3.05) is 37.7 Å². The largest absolute Gasteiger partial charge is 0.481 e. The van der Waals surface area contributed by atoms with Crippen molar-refractivity contribution < 1.29 is 9.53 Å². The number of amides is 1. The molecule has 2 aromatic heterocycles. The monoisotopic (exact) mass is 388 g/mol. The molecule has 8 nitrogen and oxygen atoms in total. The number of rotatable bonds is 4. The molecule has 1 amide bonds. The number of nitrogens with zero attached hydrogens (tertiary/aromatic N) is 5. The van der Waals surface area contributed by atoms with Crippen LogP contribution in [0.2, 0.25) is 0 Å². The van der Waals surface area contributed by atoms with Crippen LogP contribution in [0.4, 0.5) is 5.82 Å². The van der Waals surface area contributed by atoms with E-state index in [1.54, 1.807) is 4.90 Å². The van der Waals surface area contributed by atoms with Gasteiger partial charge in [-0.2, -0.15) is 0 Å². The van der Waals surface area contributed by atoms with Gasteiger partial charge in [0.25, 0.3) is 0 Å². The average Bonchev–Trinajstić information content (AvgIpc) is 3.20. The van der Waals surface area contributed by atoms with Crippen LogP contribution < -0.4 is 9.64 Å². The maximum Gasteiger partial charge on any atom is 0.246 e. The highest BCUT2D eigenvalue weighted by Crippen LogP contribution is 2.22. The van der Waals surface area contributed by atoms with Crippen molar-refractivity contribution in [3.63, 3.8) is 0 Å². The van der Waals surface area contributed by atoms with E-state index in [2.05, 4.69) is 43.3 Å². The number of aromatic amines is 1. The summed E-state index contributed by atoms with van der Waals surface area (Å²) >= 11 is 0. The summed E-state index contributed by atoms with van der Waals surface area (Å²) in [5, 5.41) is 0. The standard InChI is InChI=1S/C21H20N6O2/c1-2-18(28)26-10-12-27(13-11-26)21-19-20(22-15-23-21)25-17(24-19)9-6-14-29-16-7-4-3-5-8-16/h2-5,7-8,15H,1,10-14H2,(H,22,23,24,25). The Balaban J connectivity index is 1.46. The summed E-state index contributed by atoms with van der Waals surface area (Å²) in [5.41, 5.74) is 1.30. The molecule has 1 aliphatic rings. The molecule has 1 aliphatic heterocycles. The van der Waals surface area contributed by atoms with Crippen LogP contribution in [-0.2, 0) is 4.79 Å². The lowest BCUT2D eigenvalue weighted by Crippen LogP contribution is -2.48. The molecule has 1 fully saturated rings. The van der Waals surface area contributed by atoms with Gasteiger partial charge in [-0.1, -0.05) is 30.7 Å². The number of H-pyrrole nitrogens is 1. The molecule has 0 atom stereocenters. The first-order chi connectivity index (χ1) is 14.2. The number of para-hydroxylation sites is 1. The SMILES string of the molecule is C=CC(=O)N1CCN(c2ncnc3[nH]c(C#CCOc4ccccc4)nc23)CC1. The number of carbonyl (C=O) groups is 1. The van der Waals surface area contributed by atoms with Crippen LogP contribution in [-0.4, -0.2) is 63.5 Å². The molecule has 0 aliphatic carbocycles. The van der Waals surface area contributed by atoms with E-state index in [1.807, 2.05) is 30.3 Å². The highest BCUT2D eigenvalue weighted by Gasteiger charge is 2.23. The number of hydrogen-bond donors (Lipinski definition) is 1. The van der Waals surface area contributed by atoms with Gasteiger partial charge < -0.3 is 19.5 Å². The van der Waals surface area contributed by atoms with E-state index in [0.29, 0.717) is 43.2 Å². The molecule has 3 heterocycles. The Bertz CT molecular complexity index is 1070. The summed E-state index contributed by atoms with van der Waals surface area (Å²) < 4.78 is 5.57. The zero-order valence-corrected chi connectivity index (χ0v) is 15.8. The van der Waals surface area contributed by atoms with Gasteiger partial charge in [0, 0.05) is 26.2 Å². The van der Waals surface area contributed by atoms with Gasteiger partial charge in [-0.3, -0.25) is 4.79 Å². The molecule has 0 bridgehead atoms. The van der Waals surface area contributed by atoms with Crippen molar-refractivity contribution in [3.05, 3.63) is 55.1 Å². The number of piperazine rings is 1. The number of ether oxygens (including phenoxy) is 1. The zero-order chi connectivity index (χ0) is 20.1.